The smallest absolute Gasteiger partial charge is 0.0909 e. The number of halogens is 2. The van der Waals surface area contributed by atoms with Crippen molar-refractivity contribution in [2.75, 3.05) is 0 Å². The van der Waals surface area contributed by atoms with Gasteiger partial charge in [-0.3, -0.25) is 0 Å². The molecule has 22 heavy (non-hydrogen) atoms. The number of hydrogen-bond donors (Lipinski definition) is 1. The summed E-state index contributed by atoms with van der Waals surface area (Å²) in [6.45, 7) is 0. The van der Waals surface area contributed by atoms with E-state index < -0.39 is 0 Å². The van der Waals surface area contributed by atoms with Gasteiger partial charge in [0.15, 0.2) is 0 Å². The summed E-state index contributed by atoms with van der Waals surface area (Å²) >= 11 is 7.09. The second-order valence-electron chi connectivity index (χ2n) is 5.68. The van der Waals surface area contributed by atoms with Crippen molar-refractivity contribution in [2.45, 2.75) is 6.42 Å². The molecule has 0 spiro atoms. The minimum atomic E-state index is 0.913. The van der Waals surface area contributed by atoms with Crippen molar-refractivity contribution in [3.63, 3.8) is 0 Å². The van der Waals surface area contributed by atoms with Crippen molar-refractivity contribution in [3.05, 3.63) is 62.7 Å². The highest BCUT2D eigenvalue weighted by atomic mass is 79.9. The molecule has 2 aromatic rings. The molecule has 1 N–H and O–H groups in total. The van der Waals surface area contributed by atoms with E-state index in [0.29, 0.717) is 0 Å². The van der Waals surface area contributed by atoms with E-state index in [1.165, 1.54) is 27.6 Å². The maximum Gasteiger partial charge on any atom is 0.0909 e. The molecule has 0 bridgehead atoms. The number of nitrogens with one attached hydrogen (secondary N) is 1. The van der Waals surface area contributed by atoms with Crippen LogP contribution >= 0.6 is 31.9 Å². The Kier molecular flexibility index (Phi) is 2.59. The number of aromatic amines is 1. The van der Waals surface area contributed by atoms with Crippen LogP contribution in [-0.2, 0) is 6.42 Å². The first-order valence-corrected chi connectivity index (χ1v) is 8.67. The van der Waals surface area contributed by atoms with Crippen LogP contribution in [0.2, 0.25) is 0 Å². The summed E-state index contributed by atoms with van der Waals surface area (Å²) in [4.78, 5) is 8.55. The maximum absolute atomic E-state index is 4.93. The molecular weight excluding hydrogens is 404 g/mol. The fraction of sp³-hybridized carbons (Fsp3) is 0.0556. The average Bonchev–Trinajstić information content (AvgIpc) is 3.00. The van der Waals surface area contributed by atoms with Gasteiger partial charge in [0, 0.05) is 32.0 Å². The Morgan fingerprint density at radius 1 is 0.955 bits per heavy atom. The molecule has 5 rings (SSSR count). The summed E-state index contributed by atoms with van der Waals surface area (Å²) in [5.41, 5.74) is 7.02. The zero-order valence-electron chi connectivity index (χ0n) is 11.5. The lowest BCUT2D eigenvalue weighted by Crippen LogP contribution is -1.94. The monoisotopic (exact) mass is 412 g/mol. The molecule has 2 nitrogen and oxygen atoms in total. The van der Waals surface area contributed by atoms with Crippen molar-refractivity contribution in [1.82, 2.24) is 9.97 Å². The summed E-state index contributed by atoms with van der Waals surface area (Å²) in [6.07, 6.45) is 0.913. The van der Waals surface area contributed by atoms with E-state index in [0.717, 1.165) is 32.4 Å². The number of benzene rings is 2. The van der Waals surface area contributed by atoms with Crippen LogP contribution in [0, 0.1) is 0 Å². The van der Waals surface area contributed by atoms with Gasteiger partial charge >= 0.3 is 0 Å². The summed E-state index contributed by atoms with van der Waals surface area (Å²) < 4.78 is 2.21. The molecule has 0 atom stereocenters. The molecule has 0 radical (unpaired) electrons. The van der Waals surface area contributed by atoms with Gasteiger partial charge in [0.1, 0.15) is 0 Å². The van der Waals surface area contributed by atoms with Crippen LogP contribution in [0.1, 0.15) is 11.3 Å². The third-order valence-corrected chi connectivity index (χ3v) is 5.30. The average molecular weight is 414 g/mol. The summed E-state index contributed by atoms with van der Waals surface area (Å²) in [6, 6.07) is 14.9. The third kappa shape index (κ3) is 1.74. The number of aromatic nitrogens is 2. The standard InChI is InChI=1S/C18H10Br2N2/c19-11-1-3-13-9(5-11)7-15-17(13)21-16-8-10-6-12(20)2-4-14(10)18(16)22-15/h1-7,21H,8H2. The molecule has 0 amide bonds. The first-order chi connectivity index (χ1) is 10.7. The van der Waals surface area contributed by atoms with Gasteiger partial charge in [0.25, 0.3) is 0 Å². The van der Waals surface area contributed by atoms with E-state index >= 15 is 0 Å². The fourth-order valence-corrected chi connectivity index (χ4v) is 4.12. The minimum Gasteiger partial charge on any atom is -0.355 e. The Morgan fingerprint density at radius 3 is 2.68 bits per heavy atom. The van der Waals surface area contributed by atoms with Crippen LogP contribution in [0.15, 0.2) is 51.4 Å². The summed E-state index contributed by atoms with van der Waals surface area (Å²) in [5, 5.41) is 2.44. The van der Waals surface area contributed by atoms with Crippen LogP contribution in [-0.4, -0.2) is 9.97 Å². The largest absolute Gasteiger partial charge is 0.355 e. The van der Waals surface area contributed by atoms with Crippen LogP contribution in [0.5, 0.6) is 0 Å². The predicted molar refractivity (Wildman–Crippen MR) is 96.4 cm³/mol. The van der Waals surface area contributed by atoms with E-state index in [1.807, 2.05) is 0 Å². The maximum atomic E-state index is 4.93. The number of rotatable bonds is 0. The van der Waals surface area contributed by atoms with Crippen molar-refractivity contribution in [2.24, 2.45) is 0 Å². The molecule has 2 aliphatic carbocycles. The van der Waals surface area contributed by atoms with E-state index in [1.54, 1.807) is 0 Å². The summed E-state index contributed by atoms with van der Waals surface area (Å²) in [5.74, 6) is 0. The second kappa shape index (κ2) is 4.43. The molecule has 0 saturated heterocycles. The van der Waals surface area contributed by atoms with Crippen molar-refractivity contribution in [1.29, 1.82) is 0 Å². The number of fused-ring (bicyclic) bond motifs is 6. The van der Waals surface area contributed by atoms with Crippen LogP contribution in [0.3, 0.4) is 0 Å². The lowest BCUT2D eigenvalue weighted by molar-refractivity contribution is 1.10. The highest BCUT2D eigenvalue weighted by molar-refractivity contribution is 9.10. The van der Waals surface area contributed by atoms with E-state index in [2.05, 4.69) is 79.3 Å². The van der Waals surface area contributed by atoms with E-state index in [-0.39, 0.29) is 0 Å². The van der Waals surface area contributed by atoms with Gasteiger partial charge in [0.2, 0.25) is 0 Å². The highest BCUT2D eigenvalue weighted by Gasteiger charge is 2.24. The second-order valence-corrected chi connectivity index (χ2v) is 7.51. The fourth-order valence-electron chi connectivity index (χ4n) is 3.34. The van der Waals surface area contributed by atoms with Crippen LogP contribution in [0.4, 0.5) is 0 Å². The molecule has 1 heterocycles. The topological polar surface area (TPSA) is 28.7 Å². The zero-order chi connectivity index (χ0) is 14.8. The lowest BCUT2D eigenvalue weighted by Gasteiger charge is -2.06. The lowest BCUT2D eigenvalue weighted by atomic mass is 10.1. The Morgan fingerprint density at radius 2 is 1.77 bits per heavy atom. The molecule has 0 fully saturated rings. The molecule has 0 aromatic heterocycles. The molecule has 3 aliphatic rings. The highest BCUT2D eigenvalue weighted by Crippen LogP contribution is 2.40. The van der Waals surface area contributed by atoms with Crippen LogP contribution < -0.4 is 0 Å². The number of H-pyrrole nitrogens is 1. The predicted octanol–water partition coefficient (Wildman–Crippen LogP) is 5.76. The van der Waals surface area contributed by atoms with Gasteiger partial charge in [-0.05, 0) is 41.3 Å². The van der Waals surface area contributed by atoms with Gasteiger partial charge in [-0.15, -0.1) is 0 Å². The van der Waals surface area contributed by atoms with E-state index in [4.69, 9.17) is 4.98 Å². The first-order valence-electron chi connectivity index (χ1n) is 7.09. The number of nitrogens with zero attached hydrogens (tertiary/aromatic N) is 1. The Balaban J connectivity index is 1.82. The van der Waals surface area contributed by atoms with Gasteiger partial charge in [-0.25, -0.2) is 4.98 Å². The Bertz CT molecular complexity index is 1030. The first kappa shape index (κ1) is 12.9. The number of hydrogen-bond acceptors (Lipinski definition) is 1. The van der Waals surface area contributed by atoms with Crippen molar-refractivity contribution in [3.8, 4) is 22.6 Å². The quantitative estimate of drug-likeness (QED) is 0.343. The molecule has 106 valence electrons. The Labute approximate surface area is 144 Å². The molecule has 4 heteroatoms. The molecule has 2 aromatic carbocycles. The molecule has 0 saturated carbocycles. The zero-order valence-corrected chi connectivity index (χ0v) is 14.6. The molecular formula is C18H10Br2N2. The van der Waals surface area contributed by atoms with Crippen molar-refractivity contribution < 1.29 is 0 Å². The van der Waals surface area contributed by atoms with Gasteiger partial charge < -0.3 is 4.98 Å². The van der Waals surface area contributed by atoms with Crippen molar-refractivity contribution >= 4 is 42.6 Å². The normalized spacial score (nSPS) is 12.8. The Hall–Kier alpha value is -1.65. The van der Waals surface area contributed by atoms with E-state index in [9.17, 15) is 0 Å². The third-order valence-electron chi connectivity index (χ3n) is 4.31. The SMILES string of the molecule is Brc1ccc2c(c1)Cc1[nH]c3c4ccc(Br)cc4cc-3nc1-2. The molecule has 1 aliphatic heterocycles. The van der Waals surface area contributed by atoms with Crippen LogP contribution in [0.25, 0.3) is 33.4 Å². The molecule has 0 unspecified atom stereocenters. The van der Waals surface area contributed by atoms with Gasteiger partial charge in [0.05, 0.1) is 17.1 Å². The van der Waals surface area contributed by atoms with Gasteiger partial charge in [-0.1, -0.05) is 44.0 Å². The van der Waals surface area contributed by atoms with Gasteiger partial charge in [-0.2, -0.15) is 0 Å². The summed E-state index contributed by atoms with van der Waals surface area (Å²) in [7, 11) is 0. The minimum absolute atomic E-state index is 0.913.